The molecule has 20 heavy (non-hydrogen) atoms. The van der Waals surface area contributed by atoms with Gasteiger partial charge in [-0.15, -0.1) is 6.58 Å². The van der Waals surface area contributed by atoms with Gasteiger partial charge in [0.25, 0.3) is 0 Å². The third-order valence-corrected chi connectivity index (χ3v) is 3.29. The maximum absolute atomic E-state index is 6.04. The summed E-state index contributed by atoms with van der Waals surface area (Å²) in [5.74, 6) is 0.780. The Kier molecular flexibility index (Phi) is 5.07. The SMILES string of the molecule is C=CCNC(=NC)NCCc1c[nH]c2ccc(Cl)cc12. The van der Waals surface area contributed by atoms with Gasteiger partial charge >= 0.3 is 0 Å². The molecule has 0 unspecified atom stereocenters. The van der Waals surface area contributed by atoms with Crippen LogP contribution in [0.15, 0.2) is 42.0 Å². The molecule has 0 bridgehead atoms. The lowest BCUT2D eigenvalue weighted by atomic mass is 10.1. The second-order valence-electron chi connectivity index (χ2n) is 4.42. The lowest BCUT2D eigenvalue weighted by Gasteiger charge is -2.09. The molecule has 0 radical (unpaired) electrons. The van der Waals surface area contributed by atoms with Gasteiger partial charge < -0.3 is 15.6 Å². The van der Waals surface area contributed by atoms with Crippen LogP contribution in [0.3, 0.4) is 0 Å². The first-order chi connectivity index (χ1) is 9.74. The van der Waals surface area contributed by atoms with E-state index in [9.17, 15) is 0 Å². The molecule has 5 heteroatoms. The van der Waals surface area contributed by atoms with Crippen molar-refractivity contribution in [3.8, 4) is 0 Å². The molecular weight excluding hydrogens is 272 g/mol. The van der Waals surface area contributed by atoms with Crippen LogP contribution in [0.2, 0.25) is 5.02 Å². The lowest BCUT2D eigenvalue weighted by Crippen LogP contribution is -2.38. The summed E-state index contributed by atoms with van der Waals surface area (Å²) in [7, 11) is 1.75. The zero-order chi connectivity index (χ0) is 14.4. The molecule has 0 fully saturated rings. The fourth-order valence-electron chi connectivity index (χ4n) is 2.06. The van der Waals surface area contributed by atoms with E-state index in [1.165, 1.54) is 10.9 Å². The number of aliphatic imine (C=N–C) groups is 1. The van der Waals surface area contributed by atoms with Crippen molar-refractivity contribution < 1.29 is 0 Å². The summed E-state index contributed by atoms with van der Waals surface area (Å²) in [5, 5.41) is 8.34. The molecule has 0 spiro atoms. The van der Waals surface area contributed by atoms with Gasteiger partial charge in [-0.1, -0.05) is 17.7 Å². The van der Waals surface area contributed by atoms with Crippen molar-refractivity contribution >= 4 is 28.5 Å². The molecule has 2 aromatic rings. The van der Waals surface area contributed by atoms with Crippen LogP contribution in [0, 0.1) is 0 Å². The summed E-state index contributed by atoms with van der Waals surface area (Å²) >= 11 is 6.04. The quantitative estimate of drug-likeness (QED) is 0.450. The molecule has 0 aliphatic rings. The minimum atomic E-state index is 0.697. The molecule has 1 aromatic heterocycles. The van der Waals surface area contributed by atoms with E-state index >= 15 is 0 Å². The number of guanidine groups is 1. The van der Waals surface area contributed by atoms with E-state index in [2.05, 4.69) is 27.2 Å². The summed E-state index contributed by atoms with van der Waals surface area (Å²) < 4.78 is 0. The smallest absolute Gasteiger partial charge is 0.191 e. The van der Waals surface area contributed by atoms with Crippen molar-refractivity contribution in [2.45, 2.75) is 6.42 Å². The zero-order valence-corrected chi connectivity index (χ0v) is 12.3. The molecule has 0 saturated heterocycles. The van der Waals surface area contributed by atoms with Crippen molar-refractivity contribution in [2.75, 3.05) is 20.1 Å². The van der Waals surface area contributed by atoms with Crippen LogP contribution < -0.4 is 10.6 Å². The van der Waals surface area contributed by atoms with Gasteiger partial charge in [-0.25, -0.2) is 0 Å². The van der Waals surface area contributed by atoms with E-state index < -0.39 is 0 Å². The van der Waals surface area contributed by atoms with Crippen LogP contribution in [0.5, 0.6) is 0 Å². The van der Waals surface area contributed by atoms with Gasteiger partial charge in [-0.05, 0) is 30.2 Å². The number of nitrogens with zero attached hydrogens (tertiary/aromatic N) is 1. The van der Waals surface area contributed by atoms with Crippen molar-refractivity contribution in [3.05, 3.63) is 47.6 Å². The Hall–Kier alpha value is -1.94. The Morgan fingerprint density at radius 3 is 3.05 bits per heavy atom. The van der Waals surface area contributed by atoms with Gasteiger partial charge in [0.05, 0.1) is 0 Å². The Bertz CT molecular complexity index is 615. The number of halogens is 1. The van der Waals surface area contributed by atoms with Crippen molar-refractivity contribution in [1.82, 2.24) is 15.6 Å². The molecule has 1 aromatic carbocycles. The van der Waals surface area contributed by atoms with E-state index in [1.54, 1.807) is 13.1 Å². The number of benzene rings is 1. The molecule has 3 N–H and O–H groups in total. The number of nitrogens with one attached hydrogen (secondary N) is 3. The second kappa shape index (κ2) is 7.01. The monoisotopic (exact) mass is 290 g/mol. The van der Waals surface area contributed by atoms with E-state index in [0.29, 0.717) is 6.54 Å². The number of H-pyrrole nitrogens is 1. The zero-order valence-electron chi connectivity index (χ0n) is 11.5. The summed E-state index contributed by atoms with van der Waals surface area (Å²) in [6.45, 7) is 5.17. The van der Waals surface area contributed by atoms with Crippen LogP contribution in [0.4, 0.5) is 0 Å². The minimum Gasteiger partial charge on any atom is -0.361 e. The maximum Gasteiger partial charge on any atom is 0.191 e. The van der Waals surface area contributed by atoms with Gasteiger partial charge in [0.15, 0.2) is 5.96 Å². The minimum absolute atomic E-state index is 0.697. The van der Waals surface area contributed by atoms with Crippen LogP contribution in [0.25, 0.3) is 10.9 Å². The number of fused-ring (bicyclic) bond motifs is 1. The van der Waals surface area contributed by atoms with Gasteiger partial charge in [0, 0.05) is 42.3 Å². The Balaban J connectivity index is 1.95. The average molecular weight is 291 g/mol. The highest BCUT2D eigenvalue weighted by Crippen LogP contribution is 2.22. The molecule has 2 rings (SSSR count). The molecule has 106 valence electrons. The molecular formula is C15H19ClN4. The van der Waals surface area contributed by atoms with Crippen LogP contribution in [-0.2, 0) is 6.42 Å². The van der Waals surface area contributed by atoms with E-state index in [4.69, 9.17) is 11.6 Å². The van der Waals surface area contributed by atoms with E-state index in [0.717, 1.165) is 29.5 Å². The van der Waals surface area contributed by atoms with Crippen molar-refractivity contribution in [2.24, 2.45) is 4.99 Å². The van der Waals surface area contributed by atoms with Gasteiger partial charge in [-0.2, -0.15) is 0 Å². The van der Waals surface area contributed by atoms with Crippen LogP contribution in [0.1, 0.15) is 5.56 Å². The van der Waals surface area contributed by atoms with Gasteiger partial charge in [0.1, 0.15) is 0 Å². The normalized spacial score (nSPS) is 11.6. The van der Waals surface area contributed by atoms with Crippen molar-refractivity contribution in [3.63, 3.8) is 0 Å². The highest BCUT2D eigenvalue weighted by atomic mass is 35.5. The average Bonchev–Trinajstić information content (AvgIpc) is 2.85. The summed E-state index contributed by atoms with van der Waals surface area (Å²) in [6.07, 6.45) is 4.73. The first-order valence-corrected chi connectivity index (χ1v) is 6.93. The lowest BCUT2D eigenvalue weighted by molar-refractivity contribution is 0.824. The largest absolute Gasteiger partial charge is 0.361 e. The van der Waals surface area contributed by atoms with E-state index in [-0.39, 0.29) is 0 Å². The first kappa shape index (κ1) is 14.5. The third kappa shape index (κ3) is 3.54. The number of aromatic nitrogens is 1. The Labute approximate surface area is 123 Å². The van der Waals surface area contributed by atoms with Crippen molar-refractivity contribution in [1.29, 1.82) is 0 Å². The number of hydrogen-bond acceptors (Lipinski definition) is 1. The first-order valence-electron chi connectivity index (χ1n) is 6.55. The van der Waals surface area contributed by atoms with E-state index in [1.807, 2.05) is 24.4 Å². The highest BCUT2D eigenvalue weighted by molar-refractivity contribution is 6.31. The third-order valence-electron chi connectivity index (χ3n) is 3.05. The molecule has 0 amide bonds. The summed E-state index contributed by atoms with van der Waals surface area (Å²) in [4.78, 5) is 7.39. The second-order valence-corrected chi connectivity index (χ2v) is 4.86. The standard InChI is InChI=1S/C15H19ClN4/c1-3-7-18-15(17-2)19-8-6-11-10-20-14-5-4-12(16)9-13(11)14/h3-5,9-10,20H,1,6-8H2,2H3,(H2,17,18,19). The molecule has 0 aliphatic carbocycles. The fourth-order valence-corrected chi connectivity index (χ4v) is 2.23. The molecule has 0 saturated carbocycles. The number of rotatable bonds is 5. The summed E-state index contributed by atoms with van der Waals surface area (Å²) in [6, 6.07) is 5.89. The van der Waals surface area contributed by atoms with Crippen LogP contribution >= 0.6 is 11.6 Å². The van der Waals surface area contributed by atoms with Crippen LogP contribution in [-0.4, -0.2) is 31.1 Å². The predicted octanol–water partition coefficient (Wildman–Crippen LogP) is 2.71. The molecule has 0 atom stereocenters. The predicted molar refractivity (Wildman–Crippen MR) is 86.6 cm³/mol. The number of hydrogen-bond donors (Lipinski definition) is 3. The number of aromatic amines is 1. The van der Waals surface area contributed by atoms with Gasteiger partial charge in [0.2, 0.25) is 0 Å². The highest BCUT2D eigenvalue weighted by Gasteiger charge is 2.04. The fraction of sp³-hybridized carbons (Fsp3) is 0.267. The molecule has 1 heterocycles. The Morgan fingerprint density at radius 2 is 2.30 bits per heavy atom. The summed E-state index contributed by atoms with van der Waals surface area (Å²) in [5.41, 5.74) is 2.35. The maximum atomic E-state index is 6.04. The van der Waals surface area contributed by atoms with Gasteiger partial charge in [-0.3, -0.25) is 4.99 Å². The Morgan fingerprint density at radius 1 is 1.45 bits per heavy atom. The molecule has 0 aliphatic heterocycles. The molecule has 4 nitrogen and oxygen atoms in total. The topological polar surface area (TPSA) is 52.2 Å².